The van der Waals surface area contributed by atoms with E-state index in [1.807, 2.05) is 13.8 Å². The lowest BCUT2D eigenvalue weighted by Crippen LogP contribution is -2.67. The van der Waals surface area contributed by atoms with Crippen molar-refractivity contribution in [3.8, 4) is 0 Å². The number of hydrogen-bond acceptors (Lipinski definition) is 3. The molecule has 34 heavy (non-hydrogen) atoms. The molecule has 1 N–H and O–H groups in total. The SMILES string of the molecule is C=C(C)C1CC[C@]2(C(C)=O)CC[C@]3(C)C(CCC4[C@@]5(C)CC[C@H](O)[C@@](C)(C=O)C5CC[C@]43C)C12. The summed E-state index contributed by atoms with van der Waals surface area (Å²) >= 11 is 0. The fraction of sp³-hybridized carbons (Fsp3) is 0.871. The van der Waals surface area contributed by atoms with Gasteiger partial charge in [0.1, 0.15) is 12.1 Å². The number of aliphatic hydroxyl groups excluding tert-OH is 1. The maximum atomic E-state index is 13.2. The number of rotatable bonds is 3. The minimum atomic E-state index is -0.626. The second kappa shape index (κ2) is 7.53. The van der Waals surface area contributed by atoms with E-state index >= 15 is 0 Å². The van der Waals surface area contributed by atoms with Crippen LogP contribution < -0.4 is 0 Å². The standard InChI is InChI=1S/C31H48O3/c1-19(2)21-10-15-31(20(3)33)17-16-29(6)22(26(21)31)8-9-24-27(4)13-12-25(34)28(5,18-32)23(27)11-14-30(24,29)7/h18,21-26,34H,1,8-17H2,2-7H3/t21?,22?,23?,24?,25-,26?,27-,28-,29+,30+,31+/m0/s1. The molecule has 3 heteroatoms. The Hall–Kier alpha value is -0.960. The van der Waals surface area contributed by atoms with E-state index in [4.69, 9.17) is 0 Å². The summed E-state index contributed by atoms with van der Waals surface area (Å²) in [6, 6.07) is 0. The highest BCUT2D eigenvalue weighted by molar-refractivity contribution is 5.83. The topological polar surface area (TPSA) is 54.4 Å². The Labute approximate surface area is 207 Å². The van der Waals surface area contributed by atoms with E-state index in [0.29, 0.717) is 29.5 Å². The summed E-state index contributed by atoms with van der Waals surface area (Å²) in [5.74, 6) is 2.74. The molecule has 5 fully saturated rings. The summed E-state index contributed by atoms with van der Waals surface area (Å²) in [6.45, 7) is 18.1. The van der Waals surface area contributed by atoms with Crippen LogP contribution in [0.25, 0.3) is 0 Å². The molecule has 0 aromatic heterocycles. The first-order valence-electron chi connectivity index (χ1n) is 14.1. The monoisotopic (exact) mass is 468 g/mol. The van der Waals surface area contributed by atoms with Gasteiger partial charge in [0.25, 0.3) is 0 Å². The Kier molecular flexibility index (Phi) is 5.47. The van der Waals surface area contributed by atoms with Gasteiger partial charge in [-0.15, -0.1) is 0 Å². The Bertz CT molecular complexity index is 908. The summed E-state index contributed by atoms with van der Waals surface area (Å²) in [4.78, 5) is 25.5. The molecule has 0 amide bonds. The predicted molar refractivity (Wildman–Crippen MR) is 136 cm³/mol. The molecule has 0 spiro atoms. The molecule has 0 aromatic carbocycles. The van der Waals surface area contributed by atoms with Crippen LogP contribution in [-0.2, 0) is 9.59 Å². The van der Waals surface area contributed by atoms with E-state index in [1.165, 1.54) is 18.4 Å². The molecule has 3 nitrogen and oxygen atoms in total. The van der Waals surface area contributed by atoms with Gasteiger partial charge in [-0.25, -0.2) is 0 Å². The molecule has 11 atom stereocenters. The van der Waals surface area contributed by atoms with Crippen molar-refractivity contribution >= 4 is 12.1 Å². The van der Waals surface area contributed by atoms with Gasteiger partial charge >= 0.3 is 0 Å². The number of allylic oxidation sites excluding steroid dienone is 1. The molecule has 0 heterocycles. The molecule has 0 radical (unpaired) electrons. The maximum absolute atomic E-state index is 13.2. The lowest BCUT2D eigenvalue weighted by atomic mass is 9.32. The first-order chi connectivity index (χ1) is 15.8. The van der Waals surface area contributed by atoms with Crippen molar-refractivity contribution in [3.05, 3.63) is 12.2 Å². The molecule has 5 aliphatic carbocycles. The Morgan fingerprint density at radius 1 is 0.853 bits per heavy atom. The summed E-state index contributed by atoms with van der Waals surface area (Å²) in [5, 5.41) is 10.9. The van der Waals surface area contributed by atoms with Crippen LogP contribution in [0.5, 0.6) is 0 Å². The van der Waals surface area contributed by atoms with Crippen LogP contribution in [0, 0.1) is 56.7 Å². The molecule has 5 saturated carbocycles. The van der Waals surface area contributed by atoms with E-state index in [0.717, 1.165) is 57.7 Å². The molecular formula is C31H48O3. The summed E-state index contributed by atoms with van der Waals surface area (Å²) in [7, 11) is 0. The molecule has 190 valence electrons. The quantitative estimate of drug-likeness (QED) is 0.367. The van der Waals surface area contributed by atoms with Crippen LogP contribution in [0.4, 0.5) is 0 Å². The smallest absolute Gasteiger partial charge is 0.136 e. The van der Waals surface area contributed by atoms with Gasteiger partial charge in [-0.3, -0.25) is 4.79 Å². The van der Waals surface area contributed by atoms with Gasteiger partial charge in [0, 0.05) is 5.41 Å². The van der Waals surface area contributed by atoms with Crippen LogP contribution in [0.2, 0.25) is 0 Å². The van der Waals surface area contributed by atoms with E-state index in [-0.39, 0.29) is 27.6 Å². The number of hydrogen-bond donors (Lipinski definition) is 1. The van der Waals surface area contributed by atoms with E-state index < -0.39 is 11.5 Å². The highest BCUT2D eigenvalue weighted by Crippen LogP contribution is 2.77. The highest BCUT2D eigenvalue weighted by Gasteiger charge is 2.71. The number of carbonyl (C=O) groups excluding carboxylic acids is 2. The van der Waals surface area contributed by atoms with Gasteiger partial charge in [0.05, 0.1) is 11.5 Å². The molecule has 0 aliphatic heterocycles. The lowest BCUT2D eigenvalue weighted by molar-refractivity contribution is -0.243. The zero-order chi connectivity index (χ0) is 24.9. The predicted octanol–water partition coefficient (Wildman–Crippen LogP) is 6.77. The van der Waals surface area contributed by atoms with Gasteiger partial charge in [0.2, 0.25) is 0 Å². The van der Waals surface area contributed by atoms with Crippen LogP contribution in [0.1, 0.15) is 106 Å². The van der Waals surface area contributed by atoms with Crippen molar-refractivity contribution in [1.29, 1.82) is 0 Å². The van der Waals surface area contributed by atoms with Gasteiger partial charge < -0.3 is 9.90 Å². The molecule has 5 aliphatic rings. The zero-order valence-corrected chi connectivity index (χ0v) is 22.6. The average molecular weight is 469 g/mol. The number of ketones is 1. The fourth-order valence-electron chi connectivity index (χ4n) is 11.6. The number of aliphatic hydroxyl groups is 1. The third-order valence-corrected chi connectivity index (χ3v) is 13.7. The number of Topliss-reactive ketones (excluding diaryl/α,β-unsaturated/α-hetero) is 1. The first-order valence-corrected chi connectivity index (χ1v) is 14.1. The summed E-state index contributed by atoms with van der Waals surface area (Å²) in [5.41, 5.74) is 1.03. The van der Waals surface area contributed by atoms with Crippen molar-refractivity contribution in [2.24, 2.45) is 56.7 Å². The minimum Gasteiger partial charge on any atom is -0.392 e. The van der Waals surface area contributed by atoms with Gasteiger partial charge in [-0.05, 0) is 124 Å². The first kappa shape index (κ1) is 24.7. The van der Waals surface area contributed by atoms with E-state index in [1.54, 1.807) is 0 Å². The molecule has 0 bridgehead atoms. The minimum absolute atomic E-state index is 0.0917. The average Bonchev–Trinajstić information content (AvgIpc) is 3.18. The van der Waals surface area contributed by atoms with Crippen molar-refractivity contribution < 1.29 is 14.7 Å². The molecule has 0 saturated heterocycles. The zero-order valence-electron chi connectivity index (χ0n) is 22.6. The third kappa shape index (κ3) is 2.74. The molecular weight excluding hydrogens is 420 g/mol. The fourth-order valence-corrected chi connectivity index (χ4v) is 11.6. The molecule has 5 unspecified atom stereocenters. The van der Waals surface area contributed by atoms with Crippen molar-refractivity contribution in [2.75, 3.05) is 0 Å². The summed E-state index contributed by atoms with van der Waals surface area (Å²) < 4.78 is 0. The van der Waals surface area contributed by atoms with Crippen molar-refractivity contribution in [1.82, 2.24) is 0 Å². The van der Waals surface area contributed by atoms with Crippen molar-refractivity contribution in [2.45, 2.75) is 112 Å². The van der Waals surface area contributed by atoms with Crippen LogP contribution in [-0.4, -0.2) is 23.3 Å². The molecule has 0 aromatic rings. The second-order valence-corrected chi connectivity index (χ2v) is 14.4. The normalized spacial score (nSPS) is 56.4. The highest BCUT2D eigenvalue weighted by atomic mass is 16.3. The van der Waals surface area contributed by atoms with Gasteiger partial charge in [-0.2, -0.15) is 0 Å². The van der Waals surface area contributed by atoms with Crippen LogP contribution >= 0.6 is 0 Å². The maximum Gasteiger partial charge on any atom is 0.136 e. The Balaban J connectivity index is 1.57. The lowest BCUT2D eigenvalue weighted by Gasteiger charge is -2.72. The Morgan fingerprint density at radius 3 is 2.18 bits per heavy atom. The summed E-state index contributed by atoms with van der Waals surface area (Å²) in [6.07, 6.45) is 11.3. The Morgan fingerprint density at radius 2 is 1.56 bits per heavy atom. The largest absolute Gasteiger partial charge is 0.392 e. The second-order valence-electron chi connectivity index (χ2n) is 14.4. The van der Waals surface area contributed by atoms with Gasteiger partial charge in [0.15, 0.2) is 0 Å². The number of carbonyl (C=O) groups is 2. The van der Waals surface area contributed by atoms with Gasteiger partial charge in [-0.1, -0.05) is 39.8 Å². The van der Waals surface area contributed by atoms with Crippen LogP contribution in [0.3, 0.4) is 0 Å². The van der Waals surface area contributed by atoms with Crippen molar-refractivity contribution in [3.63, 3.8) is 0 Å². The third-order valence-electron chi connectivity index (χ3n) is 13.7. The number of aldehydes is 1. The van der Waals surface area contributed by atoms with Crippen LogP contribution in [0.15, 0.2) is 12.2 Å². The molecule has 5 rings (SSSR count). The van der Waals surface area contributed by atoms with E-state index in [9.17, 15) is 14.7 Å². The van der Waals surface area contributed by atoms with E-state index in [2.05, 4.69) is 34.3 Å². The number of fused-ring (bicyclic) bond motifs is 7.